The molecule has 0 aromatic rings. The zero-order chi connectivity index (χ0) is 8.55. The minimum Gasteiger partial charge on any atom is -0.396 e. The first-order valence-corrected chi connectivity index (χ1v) is 4.63. The van der Waals surface area contributed by atoms with Gasteiger partial charge in [0.1, 0.15) is 5.78 Å². The zero-order valence-corrected chi connectivity index (χ0v) is 7.12. The second-order valence-corrected chi connectivity index (χ2v) is 3.80. The maximum atomic E-state index is 11.2. The molecule has 66 valence electrons. The Balaban J connectivity index is 2.17. The van der Waals surface area contributed by atoms with Crippen molar-refractivity contribution >= 4 is 5.78 Å². The molecular weight excluding hydrogens is 152 g/mol. The van der Waals surface area contributed by atoms with E-state index >= 15 is 0 Å². The van der Waals surface area contributed by atoms with Gasteiger partial charge in [0.2, 0.25) is 0 Å². The van der Waals surface area contributed by atoms with Crippen LogP contribution in [0.4, 0.5) is 0 Å². The summed E-state index contributed by atoms with van der Waals surface area (Å²) in [7, 11) is 0. The van der Waals surface area contributed by atoms with Crippen molar-refractivity contribution in [2.75, 3.05) is 6.61 Å². The van der Waals surface area contributed by atoms with Crippen molar-refractivity contribution < 1.29 is 9.90 Å². The van der Waals surface area contributed by atoms with Crippen LogP contribution in [0.15, 0.2) is 11.6 Å². The molecule has 0 bridgehead atoms. The number of rotatable bonds is 1. The maximum Gasteiger partial charge on any atom is 0.134 e. The molecule has 0 spiro atoms. The quantitative estimate of drug-likeness (QED) is 0.596. The van der Waals surface area contributed by atoms with Gasteiger partial charge in [-0.15, -0.1) is 0 Å². The number of aliphatic hydroxyl groups is 1. The van der Waals surface area contributed by atoms with Crippen molar-refractivity contribution in [1.29, 1.82) is 0 Å². The van der Waals surface area contributed by atoms with E-state index < -0.39 is 0 Å². The van der Waals surface area contributed by atoms with Crippen LogP contribution >= 0.6 is 0 Å². The van der Waals surface area contributed by atoms with Gasteiger partial charge in [0.25, 0.3) is 0 Å². The van der Waals surface area contributed by atoms with E-state index in [-0.39, 0.29) is 12.5 Å². The standard InChI is InChI=1S/C10H14O2/c11-6-8-5-9(12)4-7-2-1-3-10(7)8/h3,7-8,11H,1-2,4-6H2/t7-,8-/m0/s1. The number of ketones is 1. The van der Waals surface area contributed by atoms with E-state index in [0.29, 0.717) is 18.1 Å². The van der Waals surface area contributed by atoms with Crippen molar-refractivity contribution in [1.82, 2.24) is 0 Å². The Labute approximate surface area is 72.3 Å². The highest BCUT2D eigenvalue weighted by Gasteiger charge is 2.33. The highest BCUT2D eigenvalue weighted by Crippen LogP contribution is 2.39. The first-order chi connectivity index (χ1) is 5.81. The minimum atomic E-state index is 0.147. The molecule has 0 saturated heterocycles. The lowest BCUT2D eigenvalue weighted by atomic mass is 9.78. The van der Waals surface area contributed by atoms with Crippen LogP contribution < -0.4 is 0 Å². The van der Waals surface area contributed by atoms with Gasteiger partial charge in [-0.2, -0.15) is 0 Å². The van der Waals surface area contributed by atoms with Gasteiger partial charge in [-0.25, -0.2) is 0 Å². The van der Waals surface area contributed by atoms with E-state index in [0.717, 1.165) is 19.3 Å². The molecule has 2 atom stereocenters. The van der Waals surface area contributed by atoms with Gasteiger partial charge in [0.15, 0.2) is 0 Å². The third-order valence-corrected chi connectivity index (χ3v) is 3.01. The molecule has 0 aromatic carbocycles. The summed E-state index contributed by atoms with van der Waals surface area (Å²) in [4.78, 5) is 11.2. The molecule has 12 heavy (non-hydrogen) atoms. The Bertz CT molecular complexity index is 230. The largest absolute Gasteiger partial charge is 0.396 e. The number of fused-ring (bicyclic) bond motifs is 1. The second kappa shape index (κ2) is 3.02. The number of aliphatic hydroxyl groups excluding tert-OH is 1. The van der Waals surface area contributed by atoms with Crippen LogP contribution in [-0.2, 0) is 4.79 Å². The monoisotopic (exact) mass is 166 g/mol. The highest BCUT2D eigenvalue weighted by atomic mass is 16.3. The van der Waals surface area contributed by atoms with Crippen molar-refractivity contribution in [2.45, 2.75) is 25.7 Å². The fourth-order valence-electron chi connectivity index (χ4n) is 2.43. The zero-order valence-electron chi connectivity index (χ0n) is 7.12. The molecule has 2 heteroatoms. The maximum absolute atomic E-state index is 11.2. The first kappa shape index (κ1) is 7.99. The molecule has 2 aliphatic rings. The van der Waals surface area contributed by atoms with Crippen molar-refractivity contribution in [3.05, 3.63) is 11.6 Å². The van der Waals surface area contributed by atoms with E-state index in [2.05, 4.69) is 6.08 Å². The predicted molar refractivity (Wildman–Crippen MR) is 45.6 cm³/mol. The molecule has 1 fully saturated rings. The number of Topliss-reactive ketones (excluding diaryl/α,β-unsaturated/α-hetero) is 1. The lowest BCUT2D eigenvalue weighted by Gasteiger charge is -2.27. The fraction of sp³-hybridized carbons (Fsp3) is 0.700. The molecule has 2 nitrogen and oxygen atoms in total. The molecule has 2 rings (SSSR count). The van der Waals surface area contributed by atoms with Crippen LogP contribution in [-0.4, -0.2) is 17.5 Å². The first-order valence-electron chi connectivity index (χ1n) is 4.63. The summed E-state index contributed by atoms with van der Waals surface area (Å²) in [6, 6.07) is 0. The third kappa shape index (κ3) is 1.20. The highest BCUT2D eigenvalue weighted by molar-refractivity contribution is 5.81. The van der Waals surface area contributed by atoms with Crippen molar-refractivity contribution in [2.24, 2.45) is 11.8 Å². The fourth-order valence-corrected chi connectivity index (χ4v) is 2.43. The van der Waals surface area contributed by atoms with Gasteiger partial charge < -0.3 is 5.11 Å². The molecule has 1 saturated carbocycles. The number of hydrogen-bond acceptors (Lipinski definition) is 2. The summed E-state index contributed by atoms with van der Waals surface area (Å²) < 4.78 is 0. The summed E-state index contributed by atoms with van der Waals surface area (Å²) in [6.45, 7) is 0.147. The van der Waals surface area contributed by atoms with E-state index in [1.807, 2.05) is 0 Å². The lowest BCUT2D eigenvalue weighted by molar-refractivity contribution is -0.122. The molecule has 0 heterocycles. The van der Waals surface area contributed by atoms with E-state index in [9.17, 15) is 4.79 Å². The molecule has 0 aromatic heterocycles. The van der Waals surface area contributed by atoms with Gasteiger partial charge in [-0.3, -0.25) is 4.79 Å². The van der Waals surface area contributed by atoms with Gasteiger partial charge in [-0.1, -0.05) is 11.6 Å². The number of carbonyl (C=O) groups is 1. The number of carbonyl (C=O) groups excluding carboxylic acids is 1. The third-order valence-electron chi connectivity index (χ3n) is 3.01. The summed E-state index contributed by atoms with van der Waals surface area (Å²) >= 11 is 0. The Morgan fingerprint density at radius 2 is 2.33 bits per heavy atom. The second-order valence-electron chi connectivity index (χ2n) is 3.80. The van der Waals surface area contributed by atoms with Gasteiger partial charge >= 0.3 is 0 Å². The Morgan fingerprint density at radius 3 is 3.08 bits per heavy atom. The van der Waals surface area contributed by atoms with Gasteiger partial charge in [0, 0.05) is 18.8 Å². The Morgan fingerprint density at radius 1 is 1.50 bits per heavy atom. The van der Waals surface area contributed by atoms with Crippen LogP contribution in [0, 0.1) is 11.8 Å². The van der Waals surface area contributed by atoms with Gasteiger partial charge in [-0.05, 0) is 18.8 Å². The van der Waals surface area contributed by atoms with Crippen LogP contribution in [0.1, 0.15) is 25.7 Å². The molecule has 2 aliphatic carbocycles. The molecule has 0 amide bonds. The Kier molecular flexibility index (Phi) is 2.01. The lowest BCUT2D eigenvalue weighted by Crippen LogP contribution is -2.25. The van der Waals surface area contributed by atoms with Gasteiger partial charge in [0.05, 0.1) is 6.61 Å². The van der Waals surface area contributed by atoms with E-state index in [4.69, 9.17) is 5.11 Å². The average Bonchev–Trinajstić information content (AvgIpc) is 2.50. The smallest absolute Gasteiger partial charge is 0.134 e. The van der Waals surface area contributed by atoms with Crippen LogP contribution in [0.2, 0.25) is 0 Å². The molecule has 1 N–H and O–H groups in total. The summed E-state index contributed by atoms with van der Waals surface area (Å²) in [6.07, 6.45) is 5.74. The topological polar surface area (TPSA) is 37.3 Å². The predicted octanol–water partition coefficient (Wildman–Crippen LogP) is 1.29. The minimum absolute atomic E-state index is 0.147. The molecule has 0 radical (unpaired) electrons. The number of hydrogen-bond donors (Lipinski definition) is 1. The SMILES string of the molecule is O=C1C[C@@H](CO)C2=CCC[C@H]2C1. The number of allylic oxidation sites excluding steroid dienone is 1. The molecular formula is C10H14O2. The normalized spacial score (nSPS) is 34.8. The molecule has 0 aliphatic heterocycles. The van der Waals surface area contributed by atoms with Crippen LogP contribution in [0.3, 0.4) is 0 Å². The van der Waals surface area contributed by atoms with Crippen molar-refractivity contribution in [3.8, 4) is 0 Å². The van der Waals surface area contributed by atoms with Crippen LogP contribution in [0.25, 0.3) is 0 Å². The summed E-state index contributed by atoms with van der Waals surface area (Å²) in [5, 5.41) is 9.06. The Hall–Kier alpha value is -0.630. The van der Waals surface area contributed by atoms with Crippen molar-refractivity contribution in [3.63, 3.8) is 0 Å². The summed E-state index contributed by atoms with van der Waals surface area (Å²) in [5.74, 6) is 0.959. The van der Waals surface area contributed by atoms with E-state index in [1.54, 1.807) is 0 Å². The van der Waals surface area contributed by atoms with Crippen LogP contribution in [0.5, 0.6) is 0 Å². The summed E-state index contributed by atoms with van der Waals surface area (Å²) in [5.41, 5.74) is 1.36. The molecule has 0 unspecified atom stereocenters. The van der Waals surface area contributed by atoms with E-state index in [1.165, 1.54) is 5.57 Å². The average molecular weight is 166 g/mol.